The van der Waals surface area contributed by atoms with Crippen LogP contribution in [0.3, 0.4) is 0 Å². The van der Waals surface area contributed by atoms with E-state index in [0.717, 1.165) is 38.8 Å². The van der Waals surface area contributed by atoms with E-state index in [1.165, 1.54) is 18.4 Å². The van der Waals surface area contributed by atoms with Crippen LogP contribution in [0.5, 0.6) is 0 Å². The molecule has 0 spiro atoms. The topological polar surface area (TPSA) is 41.1 Å². The highest BCUT2D eigenvalue weighted by Gasteiger charge is 2.38. The van der Waals surface area contributed by atoms with Gasteiger partial charge in [-0.3, -0.25) is 4.79 Å². The van der Waals surface area contributed by atoms with Gasteiger partial charge in [0.05, 0.1) is 5.54 Å². The summed E-state index contributed by atoms with van der Waals surface area (Å²) in [6.45, 7) is 1.94. The Morgan fingerprint density at radius 2 is 1.75 bits per heavy atom. The fourth-order valence-corrected chi connectivity index (χ4v) is 3.64. The molecule has 3 heteroatoms. The van der Waals surface area contributed by atoms with Crippen LogP contribution in [0.15, 0.2) is 30.3 Å². The van der Waals surface area contributed by atoms with Crippen LogP contribution in [-0.2, 0) is 10.3 Å². The summed E-state index contributed by atoms with van der Waals surface area (Å²) in [5.74, 6) is 0.453. The monoisotopic (exact) mass is 272 g/mol. The van der Waals surface area contributed by atoms with Crippen LogP contribution in [0.4, 0.5) is 0 Å². The summed E-state index contributed by atoms with van der Waals surface area (Å²) >= 11 is 0. The Hall–Kier alpha value is -1.35. The minimum atomic E-state index is -0.108. The summed E-state index contributed by atoms with van der Waals surface area (Å²) in [5, 5.41) is 6.74. The van der Waals surface area contributed by atoms with Gasteiger partial charge in [0.25, 0.3) is 0 Å². The Balaban J connectivity index is 1.76. The molecule has 2 N–H and O–H groups in total. The summed E-state index contributed by atoms with van der Waals surface area (Å²) in [6, 6.07) is 10.5. The molecule has 0 unspecified atom stereocenters. The molecule has 3 nitrogen and oxygen atoms in total. The number of carbonyl (C=O) groups excluding carboxylic acids is 1. The fraction of sp³-hybridized carbons (Fsp3) is 0.588. The van der Waals surface area contributed by atoms with E-state index in [1.807, 2.05) is 6.07 Å². The maximum absolute atomic E-state index is 12.6. The third-order valence-electron chi connectivity index (χ3n) is 4.86. The third kappa shape index (κ3) is 2.73. The largest absolute Gasteiger partial charge is 0.346 e. The highest BCUT2D eigenvalue weighted by atomic mass is 16.2. The smallest absolute Gasteiger partial charge is 0.223 e. The molecule has 1 saturated heterocycles. The fourth-order valence-electron chi connectivity index (χ4n) is 3.64. The first kappa shape index (κ1) is 13.6. The molecular weight excluding hydrogens is 248 g/mol. The highest BCUT2D eigenvalue weighted by molar-refractivity contribution is 5.79. The van der Waals surface area contributed by atoms with E-state index >= 15 is 0 Å². The van der Waals surface area contributed by atoms with Gasteiger partial charge in [0.1, 0.15) is 0 Å². The molecule has 1 aliphatic heterocycles. The van der Waals surface area contributed by atoms with Gasteiger partial charge in [-0.1, -0.05) is 43.2 Å². The zero-order valence-corrected chi connectivity index (χ0v) is 12.0. The van der Waals surface area contributed by atoms with Gasteiger partial charge < -0.3 is 10.6 Å². The van der Waals surface area contributed by atoms with Gasteiger partial charge in [-0.05, 0) is 44.3 Å². The van der Waals surface area contributed by atoms with Gasteiger partial charge in [-0.25, -0.2) is 0 Å². The standard InChI is InChI=1S/C17H24N2O/c20-16(14-8-12-18-13-9-14)19-17(10-4-5-11-17)15-6-2-1-3-7-15/h1-3,6-7,14,18H,4-5,8-13H2,(H,19,20). The van der Waals surface area contributed by atoms with Crippen molar-refractivity contribution in [1.82, 2.24) is 10.6 Å². The second kappa shape index (κ2) is 5.96. The van der Waals surface area contributed by atoms with Crippen LogP contribution in [0, 0.1) is 5.92 Å². The normalized spacial score (nSPS) is 22.6. The first-order valence-electron chi connectivity index (χ1n) is 7.88. The predicted octanol–water partition coefficient (Wildman–Crippen LogP) is 2.57. The lowest BCUT2D eigenvalue weighted by atomic mass is 9.86. The quantitative estimate of drug-likeness (QED) is 0.888. The summed E-state index contributed by atoms with van der Waals surface area (Å²) in [5.41, 5.74) is 1.17. The Kier molecular flexibility index (Phi) is 4.06. The number of nitrogens with one attached hydrogen (secondary N) is 2. The molecule has 0 atom stereocenters. The van der Waals surface area contributed by atoms with E-state index in [9.17, 15) is 4.79 Å². The van der Waals surface area contributed by atoms with E-state index in [0.29, 0.717) is 0 Å². The molecule has 1 amide bonds. The van der Waals surface area contributed by atoms with Gasteiger partial charge in [0, 0.05) is 5.92 Å². The molecule has 2 fully saturated rings. The van der Waals surface area contributed by atoms with Gasteiger partial charge >= 0.3 is 0 Å². The van der Waals surface area contributed by atoms with Crippen LogP contribution in [0.2, 0.25) is 0 Å². The Morgan fingerprint density at radius 3 is 2.40 bits per heavy atom. The van der Waals surface area contributed by atoms with Crippen molar-refractivity contribution in [2.24, 2.45) is 5.92 Å². The average Bonchev–Trinajstić information content (AvgIpc) is 2.99. The van der Waals surface area contributed by atoms with Crippen LogP contribution in [-0.4, -0.2) is 19.0 Å². The van der Waals surface area contributed by atoms with Crippen molar-refractivity contribution in [3.63, 3.8) is 0 Å². The molecule has 3 rings (SSSR count). The van der Waals surface area contributed by atoms with Gasteiger partial charge in [-0.15, -0.1) is 0 Å². The van der Waals surface area contributed by atoms with Crippen molar-refractivity contribution in [2.45, 2.75) is 44.1 Å². The molecule has 0 radical (unpaired) electrons. The molecular formula is C17H24N2O. The SMILES string of the molecule is O=C(NC1(c2ccccc2)CCCC1)C1CCNCC1. The molecule has 1 aromatic rings. The highest BCUT2D eigenvalue weighted by Crippen LogP contribution is 2.39. The summed E-state index contributed by atoms with van der Waals surface area (Å²) in [4.78, 5) is 12.6. The lowest BCUT2D eigenvalue weighted by Gasteiger charge is -2.33. The zero-order valence-electron chi connectivity index (χ0n) is 12.0. The van der Waals surface area contributed by atoms with Crippen molar-refractivity contribution in [3.05, 3.63) is 35.9 Å². The van der Waals surface area contributed by atoms with Crippen molar-refractivity contribution >= 4 is 5.91 Å². The number of hydrogen-bond acceptors (Lipinski definition) is 2. The summed E-state index contributed by atoms with van der Waals surface area (Å²) in [6.07, 6.45) is 6.51. The van der Waals surface area contributed by atoms with E-state index in [4.69, 9.17) is 0 Å². The summed E-state index contributed by atoms with van der Waals surface area (Å²) in [7, 11) is 0. The lowest BCUT2D eigenvalue weighted by molar-refractivity contribution is -0.127. The summed E-state index contributed by atoms with van der Waals surface area (Å²) < 4.78 is 0. The Morgan fingerprint density at radius 1 is 1.10 bits per heavy atom. The van der Waals surface area contributed by atoms with E-state index in [2.05, 4.69) is 34.9 Å². The second-order valence-electron chi connectivity index (χ2n) is 6.17. The molecule has 0 aromatic heterocycles. The lowest BCUT2D eigenvalue weighted by Crippen LogP contribution is -2.48. The molecule has 2 aliphatic rings. The van der Waals surface area contributed by atoms with Crippen molar-refractivity contribution < 1.29 is 4.79 Å². The number of hydrogen-bond donors (Lipinski definition) is 2. The molecule has 108 valence electrons. The van der Waals surface area contributed by atoms with E-state index in [1.54, 1.807) is 0 Å². The van der Waals surface area contributed by atoms with Crippen molar-refractivity contribution in [2.75, 3.05) is 13.1 Å². The van der Waals surface area contributed by atoms with Gasteiger partial charge in [-0.2, -0.15) is 0 Å². The van der Waals surface area contributed by atoms with Crippen LogP contribution in [0.1, 0.15) is 44.1 Å². The van der Waals surface area contributed by atoms with Crippen LogP contribution in [0.25, 0.3) is 0 Å². The first-order valence-corrected chi connectivity index (χ1v) is 7.88. The number of piperidine rings is 1. The predicted molar refractivity (Wildman–Crippen MR) is 80.3 cm³/mol. The molecule has 0 bridgehead atoms. The van der Waals surface area contributed by atoms with E-state index < -0.39 is 0 Å². The number of amides is 1. The minimum Gasteiger partial charge on any atom is -0.346 e. The van der Waals surface area contributed by atoms with Crippen LogP contribution < -0.4 is 10.6 Å². The Bertz CT molecular complexity index is 445. The second-order valence-corrected chi connectivity index (χ2v) is 6.17. The average molecular weight is 272 g/mol. The molecule has 20 heavy (non-hydrogen) atoms. The molecule has 1 aliphatic carbocycles. The molecule has 1 saturated carbocycles. The van der Waals surface area contributed by atoms with Gasteiger partial charge in [0.15, 0.2) is 0 Å². The van der Waals surface area contributed by atoms with Crippen molar-refractivity contribution in [1.29, 1.82) is 0 Å². The number of benzene rings is 1. The van der Waals surface area contributed by atoms with Gasteiger partial charge in [0.2, 0.25) is 5.91 Å². The maximum atomic E-state index is 12.6. The Labute approximate surface area is 121 Å². The minimum absolute atomic E-state index is 0.108. The first-order chi connectivity index (χ1) is 9.80. The van der Waals surface area contributed by atoms with E-state index in [-0.39, 0.29) is 17.4 Å². The number of rotatable bonds is 3. The van der Waals surface area contributed by atoms with Crippen LogP contribution >= 0.6 is 0 Å². The molecule has 1 aromatic carbocycles. The zero-order chi connectivity index (χ0) is 13.8. The maximum Gasteiger partial charge on any atom is 0.223 e. The van der Waals surface area contributed by atoms with Crippen molar-refractivity contribution in [3.8, 4) is 0 Å². The molecule has 1 heterocycles. The number of carbonyl (C=O) groups is 1. The third-order valence-corrected chi connectivity index (χ3v) is 4.86.